The second-order valence-corrected chi connectivity index (χ2v) is 7.40. The Hall–Kier alpha value is -2.60. The summed E-state index contributed by atoms with van der Waals surface area (Å²) in [6, 6.07) is 9.81. The molecule has 2 bridgehead atoms. The first-order chi connectivity index (χ1) is 13.1. The van der Waals surface area contributed by atoms with Crippen LogP contribution in [0.2, 0.25) is 0 Å². The molecule has 2 unspecified atom stereocenters. The smallest absolute Gasteiger partial charge is 0.337 e. The van der Waals surface area contributed by atoms with Gasteiger partial charge in [-0.15, -0.1) is 0 Å². The number of carbonyl (C=O) groups excluding carboxylic acids is 2. The Balaban J connectivity index is 1.36. The Kier molecular flexibility index (Phi) is 4.99. The lowest BCUT2D eigenvalue weighted by Crippen LogP contribution is -2.49. The number of hydrogen-bond donors (Lipinski definition) is 1. The van der Waals surface area contributed by atoms with Crippen molar-refractivity contribution >= 4 is 11.9 Å². The van der Waals surface area contributed by atoms with E-state index in [2.05, 4.69) is 15.0 Å². The molecule has 2 saturated heterocycles. The number of benzene rings is 1. The molecule has 3 heterocycles. The summed E-state index contributed by atoms with van der Waals surface area (Å²) in [7, 11) is 1.34. The monoisotopic (exact) mass is 368 g/mol. The van der Waals surface area contributed by atoms with Crippen LogP contribution in [0.15, 0.2) is 47.3 Å². The lowest BCUT2D eigenvalue weighted by atomic mass is 9.96. The number of fused-ring (bicyclic) bond motifs is 2. The van der Waals surface area contributed by atoms with Crippen molar-refractivity contribution in [3.63, 3.8) is 0 Å². The summed E-state index contributed by atoms with van der Waals surface area (Å²) in [5, 5.41) is 3.18. The van der Waals surface area contributed by atoms with E-state index in [9.17, 15) is 9.59 Å². The molecule has 4 rings (SSSR count). The van der Waals surface area contributed by atoms with Crippen LogP contribution in [-0.2, 0) is 11.3 Å². The summed E-state index contributed by atoms with van der Waals surface area (Å²) in [5.41, 5.74) is 2.22. The molecule has 2 aliphatic rings. The van der Waals surface area contributed by atoms with Gasteiger partial charge in [-0.2, -0.15) is 0 Å². The van der Waals surface area contributed by atoms with Gasteiger partial charge >= 0.3 is 5.97 Å². The summed E-state index contributed by atoms with van der Waals surface area (Å²) in [6.45, 7) is 0.918. The minimum atomic E-state index is -0.400. The van der Waals surface area contributed by atoms with Crippen LogP contribution in [0.25, 0.3) is 0 Å². The number of hydrogen-bond acceptors (Lipinski definition) is 5. The van der Waals surface area contributed by atoms with Crippen LogP contribution in [-0.4, -0.2) is 42.0 Å². The van der Waals surface area contributed by atoms with Crippen LogP contribution in [0.5, 0.6) is 0 Å². The highest BCUT2D eigenvalue weighted by atomic mass is 16.5. The number of rotatable bonds is 5. The van der Waals surface area contributed by atoms with Crippen LogP contribution in [0.4, 0.5) is 0 Å². The van der Waals surface area contributed by atoms with E-state index in [0.717, 1.165) is 19.4 Å². The van der Waals surface area contributed by atoms with Crippen molar-refractivity contribution in [2.45, 2.75) is 50.4 Å². The van der Waals surface area contributed by atoms with Crippen LogP contribution in [0.1, 0.15) is 52.0 Å². The van der Waals surface area contributed by atoms with E-state index in [-0.39, 0.29) is 11.9 Å². The zero-order chi connectivity index (χ0) is 18.8. The van der Waals surface area contributed by atoms with Crippen molar-refractivity contribution in [3.05, 3.63) is 59.5 Å². The molecule has 6 nitrogen and oxygen atoms in total. The molecule has 1 aromatic heterocycles. The van der Waals surface area contributed by atoms with Crippen molar-refractivity contribution in [1.29, 1.82) is 0 Å². The molecule has 0 saturated carbocycles. The first-order valence-corrected chi connectivity index (χ1v) is 9.40. The van der Waals surface area contributed by atoms with E-state index >= 15 is 0 Å². The molecule has 142 valence electrons. The summed E-state index contributed by atoms with van der Waals surface area (Å²) in [5.74, 6) is -0.484. The van der Waals surface area contributed by atoms with Gasteiger partial charge in [0.25, 0.3) is 5.91 Å². The molecular weight excluding hydrogens is 344 g/mol. The molecule has 1 aromatic carbocycles. The van der Waals surface area contributed by atoms with Gasteiger partial charge in [0.15, 0.2) is 0 Å². The maximum atomic E-state index is 12.6. The Bertz CT molecular complexity index is 786. The lowest BCUT2D eigenvalue weighted by Gasteiger charge is -2.39. The fourth-order valence-electron chi connectivity index (χ4n) is 4.39. The van der Waals surface area contributed by atoms with Gasteiger partial charge in [-0.3, -0.25) is 9.69 Å². The van der Waals surface area contributed by atoms with E-state index in [4.69, 9.17) is 4.42 Å². The van der Waals surface area contributed by atoms with Gasteiger partial charge in [0, 0.05) is 35.8 Å². The fourth-order valence-corrected chi connectivity index (χ4v) is 4.39. The van der Waals surface area contributed by atoms with Gasteiger partial charge in [0.1, 0.15) is 0 Å². The van der Waals surface area contributed by atoms with Crippen LogP contribution in [0.3, 0.4) is 0 Å². The van der Waals surface area contributed by atoms with E-state index in [1.54, 1.807) is 30.5 Å². The zero-order valence-electron chi connectivity index (χ0n) is 15.4. The van der Waals surface area contributed by atoms with Gasteiger partial charge in [0.2, 0.25) is 0 Å². The maximum Gasteiger partial charge on any atom is 0.337 e. The third-order valence-corrected chi connectivity index (χ3v) is 5.73. The first kappa shape index (κ1) is 17.8. The zero-order valence-corrected chi connectivity index (χ0v) is 15.4. The standard InChI is InChI=1S/C21H24N2O4/c1-26-21(25)16-4-2-15(3-5-16)20(24)22-17-10-18-6-7-19(11-17)23(18)12-14-8-9-27-13-14/h2-5,8-9,13,17-19H,6-7,10-12H2,1H3,(H,22,24). The number of furan rings is 1. The quantitative estimate of drug-likeness (QED) is 0.822. The minimum Gasteiger partial charge on any atom is -0.472 e. The third-order valence-electron chi connectivity index (χ3n) is 5.73. The second-order valence-electron chi connectivity index (χ2n) is 7.40. The molecule has 0 aliphatic carbocycles. The Morgan fingerprint density at radius 1 is 1.11 bits per heavy atom. The molecule has 1 N–H and O–H groups in total. The van der Waals surface area contributed by atoms with E-state index in [1.165, 1.54) is 25.5 Å². The average molecular weight is 368 g/mol. The molecule has 2 aromatic rings. The highest BCUT2D eigenvalue weighted by molar-refractivity contribution is 5.96. The molecule has 2 atom stereocenters. The van der Waals surface area contributed by atoms with Crippen molar-refractivity contribution in [2.75, 3.05) is 7.11 Å². The topological polar surface area (TPSA) is 71.8 Å². The molecule has 2 aliphatic heterocycles. The van der Waals surface area contributed by atoms with Crippen LogP contribution in [0, 0.1) is 0 Å². The predicted octanol–water partition coefficient (Wildman–Crippen LogP) is 2.99. The molecular formula is C21H24N2O4. The molecule has 6 heteroatoms. The molecule has 2 fully saturated rings. The number of amides is 1. The Morgan fingerprint density at radius 3 is 2.37 bits per heavy atom. The second kappa shape index (κ2) is 7.56. The highest BCUT2D eigenvalue weighted by Crippen LogP contribution is 2.37. The number of nitrogens with one attached hydrogen (secondary N) is 1. The fraction of sp³-hybridized carbons (Fsp3) is 0.429. The van der Waals surface area contributed by atoms with E-state index in [1.807, 2.05) is 12.3 Å². The molecule has 0 spiro atoms. The minimum absolute atomic E-state index is 0.0842. The average Bonchev–Trinajstić information content (AvgIpc) is 3.28. The van der Waals surface area contributed by atoms with Crippen LogP contribution >= 0.6 is 0 Å². The Labute approximate surface area is 158 Å². The van der Waals surface area contributed by atoms with Gasteiger partial charge in [-0.1, -0.05) is 0 Å². The predicted molar refractivity (Wildman–Crippen MR) is 99.3 cm³/mol. The molecule has 1 amide bonds. The van der Waals surface area contributed by atoms with Gasteiger partial charge in [0.05, 0.1) is 25.2 Å². The van der Waals surface area contributed by atoms with Crippen molar-refractivity contribution in [3.8, 4) is 0 Å². The summed E-state index contributed by atoms with van der Waals surface area (Å²) >= 11 is 0. The largest absolute Gasteiger partial charge is 0.472 e. The van der Waals surface area contributed by atoms with E-state index < -0.39 is 5.97 Å². The first-order valence-electron chi connectivity index (χ1n) is 9.40. The normalized spacial score (nSPS) is 24.6. The number of nitrogens with zero attached hydrogens (tertiary/aromatic N) is 1. The lowest BCUT2D eigenvalue weighted by molar-refractivity contribution is 0.0600. The van der Waals surface area contributed by atoms with Crippen molar-refractivity contribution in [2.24, 2.45) is 0 Å². The molecule has 27 heavy (non-hydrogen) atoms. The highest BCUT2D eigenvalue weighted by Gasteiger charge is 2.41. The Morgan fingerprint density at radius 2 is 1.78 bits per heavy atom. The SMILES string of the molecule is COC(=O)c1ccc(C(=O)NC2CC3CCC(C2)N3Cc2ccoc2)cc1. The third kappa shape index (κ3) is 3.76. The van der Waals surface area contributed by atoms with Crippen LogP contribution < -0.4 is 5.32 Å². The number of methoxy groups -OCH3 is 1. The van der Waals surface area contributed by atoms with Crippen molar-refractivity contribution in [1.82, 2.24) is 10.2 Å². The molecule has 0 radical (unpaired) electrons. The number of carbonyl (C=O) groups is 2. The number of esters is 1. The van der Waals surface area contributed by atoms with Gasteiger partial charge in [-0.25, -0.2) is 4.79 Å². The summed E-state index contributed by atoms with van der Waals surface area (Å²) in [4.78, 5) is 26.6. The van der Waals surface area contributed by atoms with E-state index in [0.29, 0.717) is 23.2 Å². The number of piperidine rings is 1. The summed E-state index contributed by atoms with van der Waals surface area (Å²) < 4.78 is 9.87. The maximum absolute atomic E-state index is 12.6. The summed E-state index contributed by atoms with van der Waals surface area (Å²) in [6.07, 6.45) is 7.84. The number of ether oxygens (including phenoxy) is 1. The van der Waals surface area contributed by atoms with Gasteiger partial charge in [-0.05, 0) is 56.0 Å². The van der Waals surface area contributed by atoms with Crippen molar-refractivity contribution < 1.29 is 18.7 Å². The van der Waals surface area contributed by atoms with Gasteiger partial charge < -0.3 is 14.5 Å².